The van der Waals surface area contributed by atoms with Crippen LogP contribution in [0.1, 0.15) is 27.2 Å². The van der Waals surface area contributed by atoms with Crippen molar-refractivity contribution in [3.05, 3.63) is 103 Å². The van der Waals surface area contributed by atoms with Gasteiger partial charge in [-0.25, -0.2) is 0 Å². The number of hydrogen-bond acceptors (Lipinski definition) is 4. The van der Waals surface area contributed by atoms with E-state index in [2.05, 4.69) is 48.7 Å². The lowest BCUT2D eigenvalue weighted by Gasteiger charge is -2.15. The van der Waals surface area contributed by atoms with E-state index in [-0.39, 0.29) is 0 Å². The number of para-hydroxylation sites is 1. The first-order chi connectivity index (χ1) is 16.7. The van der Waals surface area contributed by atoms with Gasteiger partial charge in [0, 0.05) is 22.5 Å². The lowest BCUT2D eigenvalue weighted by atomic mass is 9.99. The van der Waals surface area contributed by atoms with Crippen molar-refractivity contribution in [3.63, 3.8) is 0 Å². The van der Waals surface area contributed by atoms with E-state index in [1.54, 1.807) is 18.9 Å². The zero-order chi connectivity index (χ0) is 24.6. The van der Waals surface area contributed by atoms with Gasteiger partial charge in [-0.15, -0.1) is 0 Å². The number of ether oxygens (including phenoxy) is 2. The highest BCUT2D eigenvalue weighted by atomic mass is 32.2. The SMILES string of the molecule is CC.CNc1ccccc1.COc1cc(Sc2ccccc2)ccc1OCC1=CCC(C)C=C1. The Morgan fingerprint density at radius 1 is 0.882 bits per heavy atom. The molecule has 0 bridgehead atoms. The monoisotopic (exact) mass is 475 g/mol. The van der Waals surface area contributed by atoms with Gasteiger partial charge in [-0.2, -0.15) is 0 Å². The Hall–Kier alpha value is -3.11. The molecular weight excluding hydrogens is 438 g/mol. The normalized spacial score (nSPS) is 13.9. The molecule has 1 unspecified atom stereocenters. The maximum absolute atomic E-state index is 5.95. The highest BCUT2D eigenvalue weighted by molar-refractivity contribution is 7.99. The van der Waals surface area contributed by atoms with Crippen molar-refractivity contribution in [2.24, 2.45) is 5.92 Å². The molecule has 1 aliphatic rings. The summed E-state index contributed by atoms with van der Waals surface area (Å²) in [4.78, 5) is 2.34. The molecule has 0 fully saturated rings. The summed E-state index contributed by atoms with van der Waals surface area (Å²) in [6.07, 6.45) is 7.71. The quantitative estimate of drug-likeness (QED) is 0.371. The third-order valence-corrected chi connectivity index (χ3v) is 5.96. The molecule has 0 radical (unpaired) electrons. The van der Waals surface area contributed by atoms with E-state index in [1.807, 2.05) is 81.6 Å². The van der Waals surface area contributed by atoms with E-state index in [4.69, 9.17) is 9.47 Å². The highest BCUT2D eigenvalue weighted by Gasteiger charge is 2.09. The highest BCUT2D eigenvalue weighted by Crippen LogP contribution is 2.35. The zero-order valence-electron chi connectivity index (χ0n) is 21.0. The number of rotatable bonds is 7. The number of methoxy groups -OCH3 is 1. The van der Waals surface area contributed by atoms with E-state index in [9.17, 15) is 0 Å². The molecule has 1 aliphatic carbocycles. The van der Waals surface area contributed by atoms with E-state index in [1.165, 1.54) is 10.5 Å². The second-order valence-electron chi connectivity index (χ2n) is 7.48. The molecule has 0 heterocycles. The Kier molecular flexibility index (Phi) is 12.5. The van der Waals surface area contributed by atoms with Crippen molar-refractivity contribution < 1.29 is 9.47 Å². The van der Waals surface area contributed by atoms with Crippen LogP contribution in [0.25, 0.3) is 0 Å². The molecule has 3 nitrogen and oxygen atoms in total. The topological polar surface area (TPSA) is 30.5 Å². The second-order valence-corrected chi connectivity index (χ2v) is 8.63. The molecular formula is C30H37NO2S. The molecule has 34 heavy (non-hydrogen) atoms. The van der Waals surface area contributed by atoms with E-state index in [0.717, 1.165) is 28.5 Å². The fraction of sp³-hybridized carbons (Fsp3) is 0.267. The van der Waals surface area contributed by atoms with E-state index < -0.39 is 0 Å². The molecule has 0 saturated carbocycles. The van der Waals surface area contributed by atoms with Crippen molar-refractivity contribution in [2.75, 3.05) is 26.1 Å². The third-order valence-electron chi connectivity index (χ3n) is 4.96. The Morgan fingerprint density at radius 2 is 1.56 bits per heavy atom. The standard InChI is InChI=1S/C21H22O2S.C7H9N.C2H6/c1-16-8-10-17(11-9-16)15-23-20-13-12-19(14-21(20)22-2)24-18-6-4-3-5-7-18;1-8-7-5-3-2-4-6-7;1-2/h3-8,10-14,16H,9,15H2,1-2H3;2-6,8H,1H3;1-2H3. The van der Waals surface area contributed by atoms with E-state index in [0.29, 0.717) is 12.5 Å². The van der Waals surface area contributed by atoms with Crippen molar-refractivity contribution in [2.45, 2.75) is 37.0 Å². The first-order valence-corrected chi connectivity index (χ1v) is 12.6. The van der Waals surface area contributed by atoms with Crippen LogP contribution in [0.2, 0.25) is 0 Å². The first kappa shape index (κ1) is 27.1. The molecule has 1 atom stereocenters. The second kappa shape index (κ2) is 15.7. The van der Waals surface area contributed by atoms with Crippen LogP contribution in [0.5, 0.6) is 11.5 Å². The van der Waals surface area contributed by atoms with Crippen LogP contribution < -0.4 is 14.8 Å². The average molecular weight is 476 g/mol. The van der Waals surface area contributed by atoms with Gasteiger partial charge < -0.3 is 14.8 Å². The van der Waals surface area contributed by atoms with Crippen molar-refractivity contribution in [1.82, 2.24) is 0 Å². The molecule has 3 aromatic rings. The Morgan fingerprint density at radius 3 is 2.12 bits per heavy atom. The summed E-state index contributed by atoms with van der Waals surface area (Å²) < 4.78 is 11.5. The van der Waals surface area contributed by atoms with Gasteiger partial charge in [0.25, 0.3) is 0 Å². The molecule has 0 saturated heterocycles. The van der Waals surface area contributed by atoms with Crippen LogP contribution in [-0.4, -0.2) is 20.8 Å². The molecule has 4 heteroatoms. The molecule has 3 aromatic carbocycles. The summed E-state index contributed by atoms with van der Waals surface area (Å²) in [6, 6.07) is 26.5. The summed E-state index contributed by atoms with van der Waals surface area (Å²) in [5, 5.41) is 3.03. The van der Waals surface area contributed by atoms with E-state index >= 15 is 0 Å². The maximum Gasteiger partial charge on any atom is 0.161 e. The number of hydrogen-bond donors (Lipinski definition) is 1. The van der Waals surface area contributed by atoms with Gasteiger partial charge in [-0.1, -0.05) is 87.2 Å². The molecule has 0 aliphatic heterocycles. The Bertz CT molecular complexity index is 1020. The zero-order valence-corrected chi connectivity index (χ0v) is 21.8. The Balaban J connectivity index is 0.000000343. The summed E-state index contributed by atoms with van der Waals surface area (Å²) >= 11 is 1.71. The van der Waals surface area contributed by atoms with Gasteiger partial charge in [0.1, 0.15) is 6.61 Å². The molecule has 180 valence electrons. The molecule has 0 spiro atoms. The van der Waals surface area contributed by atoms with Crippen LogP contribution in [0, 0.1) is 5.92 Å². The maximum atomic E-state index is 5.95. The molecule has 4 rings (SSSR count). The van der Waals surface area contributed by atoms with Gasteiger partial charge in [-0.05, 0) is 60.4 Å². The van der Waals surface area contributed by atoms with Crippen molar-refractivity contribution >= 4 is 17.4 Å². The van der Waals surface area contributed by atoms with Gasteiger partial charge >= 0.3 is 0 Å². The predicted octanol–water partition coefficient (Wildman–Crippen LogP) is 8.50. The van der Waals surface area contributed by atoms with Crippen molar-refractivity contribution in [1.29, 1.82) is 0 Å². The van der Waals surface area contributed by atoms with Crippen LogP contribution in [0.4, 0.5) is 5.69 Å². The number of nitrogens with one attached hydrogen (secondary N) is 1. The largest absolute Gasteiger partial charge is 0.493 e. The predicted molar refractivity (Wildman–Crippen MR) is 147 cm³/mol. The molecule has 0 aromatic heterocycles. The van der Waals surface area contributed by atoms with Crippen LogP contribution in [0.3, 0.4) is 0 Å². The first-order valence-electron chi connectivity index (χ1n) is 11.8. The molecule has 0 amide bonds. The third kappa shape index (κ3) is 9.40. The van der Waals surface area contributed by atoms with Gasteiger partial charge in [0.15, 0.2) is 11.5 Å². The van der Waals surface area contributed by atoms with Gasteiger partial charge in [-0.3, -0.25) is 0 Å². The lowest BCUT2D eigenvalue weighted by Crippen LogP contribution is -2.04. The fourth-order valence-corrected chi connectivity index (χ4v) is 3.97. The van der Waals surface area contributed by atoms with Gasteiger partial charge in [0.2, 0.25) is 0 Å². The van der Waals surface area contributed by atoms with Crippen LogP contribution in [-0.2, 0) is 0 Å². The van der Waals surface area contributed by atoms with Gasteiger partial charge in [0.05, 0.1) is 7.11 Å². The number of anilines is 1. The number of allylic oxidation sites excluding steroid dienone is 2. The average Bonchev–Trinajstić information content (AvgIpc) is 2.91. The number of benzene rings is 3. The smallest absolute Gasteiger partial charge is 0.161 e. The van der Waals surface area contributed by atoms with Crippen molar-refractivity contribution in [3.8, 4) is 11.5 Å². The minimum atomic E-state index is 0.574. The van der Waals surface area contributed by atoms with Crippen LogP contribution in [0.15, 0.2) is 112 Å². The summed E-state index contributed by atoms with van der Waals surface area (Å²) in [7, 11) is 3.59. The minimum Gasteiger partial charge on any atom is -0.493 e. The molecule has 1 N–H and O–H groups in total. The van der Waals surface area contributed by atoms with Crippen LogP contribution >= 0.6 is 11.8 Å². The summed E-state index contributed by atoms with van der Waals surface area (Å²) in [5.41, 5.74) is 2.38. The summed E-state index contributed by atoms with van der Waals surface area (Å²) in [5.74, 6) is 2.17. The fourth-order valence-electron chi connectivity index (χ4n) is 3.10. The lowest BCUT2D eigenvalue weighted by molar-refractivity contribution is 0.320. The summed E-state index contributed by atoms with van der Waals surface area (Å²) in [6.45, 7) is 6.79. The minimum absolute atomic E-state index is 0.574. The Labute approximate surface area is 209 Å².